The zero-order chi connectivity index (χ0) is 16.9. The lowest BCUT2D eigenvalue weighted by Crippen LogP contribution is -2.54. The summed E-state index contributed by atoms with van der Waals surface area (Å²) in [5, 5.41) is 3.59. The highest BCUT2D eigenvalue weighted by atomic mass is 15.3. The van der Waals surface area contributed by atoms with Gasteiger partial charge in [0.15, 0.2) is 0 Å². The van der Waals surface area contributed by atoms with Crippen molar-refractivity contribution in [1.82, 2.24) is 15.1 Å². The van der Waals surface area contributed by atoms with E-state index in [0.717, 1.165) is 19.0 Å². The van der Waals surface area contributed by atoms with Crippen LogP contribution in [0.15, 0.2) is 24.3 Å². The molecule has 0 aromatic heterocycles. The first-order valence-corrected chi connectivity index (χ1v) is 9.92. The molecule has 0 spiro atoms. The van der Waals surface area contributed by atoms with Crippen LogP contribution < -0.4 is 5.32 Å². The molecule has 2 aliphatic heterocycles. The highest BCUT2D eigenvalue weighted by molar-refractivity contribution is 5.25. The Balaban J connectivity index is 1.80. The summed E-state index contributed by atoms with van der Waals surface area (Å²) in [4.78, 5) is 5.49. The smallest absolute Gasteiger partial charge is 0.0479 e. The second kappa shape index (κ2) is 8.46. The maximum Gasteiger partial charge on any atom is 0.0479 e. The molecule has 2 saturated heterocycles. The van der Waals surface area contributed by atoms with Gasteiger partial charge in [-0.3, -0.25) is 4.90 Å². The predicted molar refractivity (Wildman–Crippen MR) is 102 cm³/mol. The summed E-state index contributed by atoms with van der Waals surface area (Å²) in [5.74, 6) is 0.849. The van der Waals surface area contributed by atoms with Crippen LogP contribution in [0.3, 0.4) is 0 Å². The summed E-state index contributed by atoms with van der Waals surface area (Å²) in [6, 6.07) is 10.5. The SMILES string of the molecule is CCC1CNCCN1C(CN1CCCC(C)C1)c1ccc(C)cc1. The van der Waals surface area contributed by atoms with E-state index in [-0.39, 0.29) is 0 Å². The van der Waals surface area contributed by atoms with E-state index in [9.17, 15) is 0 Å². The summed E-state index contributed by atoms with van der Waals surface area (Å²) in [6.45, 7) is 14.1. The molecule has 3 unspecified atom stereocenters. The Kier molecular flexibility index (Phi) is 6.31. The number of nitrogens with one attached hydrogen (secondary N) is 1. The Morgan fingerprint density at radius 3 is 2.71 bits per heavy atom. The van der Waals surface area contributed by atoms with Gasteiger partial charge < -0.3 is 10.2 Å². The number of benzene rings is 1. The first kappa shape index (κ1) is 17.9. The van der Waals surface area contributed by atoms with Gasteiger partial charge in [-0.2, -0.15) is 0 Å². The van der Waals surface area contributed by atoms with Crippen LogP contribution in [0.5, 0.6) is 0 Å². The third-order valence-electron chi connectivity index (χ3n) is 5.90. The van der Waals surface area contributed by atoms with Crippen LogP contribution in [-0.2, 0) is 0 Å². The number of likely N-dealkylation sites (tertiary alicyclic amines) is 1. The average molecular weight is 330 g/mol. The Morgan fingerprint density at radius 2 is 2.00 bits per heavy atom. The van der Waals surface area contributed by atoms with Crippen LogP contribution in [0.1, 0.15) is 50.3 Å². The fraction of sp³-hybridized carbons (Fsp3) is 0.714. The van der Waals surface area contributed by atoms with Crippen molar-refractivity contribution < 1.29 is 0 Å². The van der Waals surface area contributed by atoms with Gasteiger partial charge in [0.1, 0.15) is 0 Å². The maximum atomic E-state index is 3.59. The van der Waals surface area contributed by atoms with E-state index >= 15 is 0 Å². The van der Waals surface area contributed by atoms with Crippen molar-refractivity contribution in [3.63, 3.8) is 0 Å². The molecular weight excluding hydrogens is 294 g/mol. The van der Waals surface area contributed by atoms with Crippen molar-refractivity contribution in [3.8, 4) is 0 Å². The largest absolute Gasteiger partial charge is 0.314 e. The van der Waals surface area contributed by atoms with E-state index in [2.05, 4.69) is 60.2 Å². The average Bonchev–Trinajstić information content (AvgIpc) is 2.61. The van der Waals surface area contributed by atoms with Crippen molar-refractivity contribution in [2.45, 2.75) is 52.1 Å². The minimum Gasteiger partial charge on any atom is -0.314 e. The monoisotopic (exact) mass is 329 g/mol. The van der Waals surface area contributed by atoms with Crippen molar-refractivity contribution >= 4 is 0 Å². The molecule has 0 amide bonds. The van der Waals surface area contributed by atoms with Crippen molar-refractivity contribution in [2.75, 3.05) is 39.3 Å². The Bertz CT molecular complexity index is 498. The van der Waals surface area contributed by atoms with Gasteiger partial charge in [-0.05, 0) is 44.2 Å². The highest BCUT2D eigenvalue weighted by Gasteiger charge is 2.31. The number of piperidine rings is 1. The molecule has 2 fully saturated rings. The highest BCUT2D eigenvalue weighted by Crippen LogP contribution is 2.28. The quantitative estimate of drug-likeness (QED) is 0.892. The first-order valence-electron chi connectivity index (χ1n) is 9.92. The summed E-state index contributed by atoms with van der Waals surface area (Å²) >= 11 is 0. The molecule has 24 heavy (non-hydrogen) atoms. The number of hydrogen-bond donors (Lipinski definition) is 1. The zero-order valence-corrected chi connectivity index (χ0v) is 15.8. The molecular formula is C21H35N3. The van der Waals surface area contributed by atoms with Crippen LogP contribution in [0.25, 0.3) is 0 Å². The minimum atomic E-state index is 0.531. The zero-order valence-electron chi connectivity index (χ0n) is 15.8. The third-order valence-corrected chi connectivity index (χ3v) is 5.90. The number of piperazine rings is 1. The molecule has 134 valence electrons. The van der Waals surface area contributed by atoms with Crippen LogP contribution in [0.2, 0.25) is 0 Å². The molecule has 0 radical (unpaired) electrons. The fourth-order valence-corrected chi connectivity index (χ4v) is 4.45. The molecule has 3 nitrogen and oxygen atoms in total. The summed E-state index contributed by atoms with van der Waals surface area (Å²) in [6.07, 6.45) is 3.99. The Labute approximate surface area is 148 Å². The molecule has 2 aliphatic rings. The Morgan fingerprint density at radius 1 is 1.21 bits per heavy atom. The molecule has 3 heteroatoms. The number of hydrogen-bond acceptors (Lipinski definition) is 3. The number of aryl methyl sites for hydroxylation is 1. The van der Waals surface area contributed by atoms with E-state index < -0.39 is 0 Å². The van der Waals surface area contributed by atoms with Crippen LogP contribution in [0.4, 0.5) is 0 Å². The van der Waals surface area contributed by atoms with Crippen molar-refractivity contribution in [3.05, 3.63) is 35.4 Å². The maximum absolute atomic E-state index is 3.59. The van der Waals surface area contributed by atoms with Gasteiger partial charge >= 0.3 is 0 Å². The molecule has 0 saturated carbocycles. The molecule has 0 bridgehead atoms. The van der Waals surface area contributed by atoms with Crippen molar-refractivity contribution in [2.24, 2.45) is 5.92 Å². The fourth-order valence-electron chi connectivity index (χ4n) is 4.45. The number of nitrogens with zero attached hydrogens (tertiary/aromatic N) is 2. The molecule has 1 aromatic carbocycles. The van der Waals surface area contributed by atoms with Crippen LogP contribution in [-0.4, -0.2) is 55.1 Å². The third kappa shape index (κ3) is 4.38. The van der Waals surface area contributed by atoms with E-state index in [1.807, 2.05) is 0 Å². The second-order valence-electron chi connectivity index (χ2n) is 7.94. The summed E-state index contributed by atoms with van der Waals surface area (Å²) in [7, 11) is 0. The Hall–Kier alpha value is -0.900. The normalized spacial score (nSPS) is 28.0. The predicted octanol–water partition coefficient (Wildman–Crippen LogP) is 3.45. The topological polar surface area (TPSA) is 18.5 Å². The molecule has 0 aliphatic carbocycles. The van der Waals surface area contributed by atoms with Crippen LogP contribution in [0, 0.1) is 12.8 Å². The van der Waals surface area contributed by atoms with E-state index in [0.29, 0.717) is 12.1 Å². The minimum absolute atomic E-state index is 0.531. The van der Waals surface area contributed by atoms with E-state index in [1.165, 1.54) is 56.6 Å². The molecule has 1 N–H and O–H groups in total. The lowest BCUT2D eigenvalue weighted by Gasteiger charge is -2.44. The summed E-state index contributed by atoms with van der Waals surface area (Å²) in [5.41, 5.74) is 2.86. The summed E-state index contributed by atoms with van der Waals surface area (Å²) < 4.78 is 0. The van der Waals surface area contributed by atoms with Gasteiger partial charge in [-0.15, -0.1) is 0 Å². The lowest BCUT2D eigenvalue weighted by atomic mass is 9.96. The molecule has 1 aromatic rings. The van der Waals surface area contributed by atoms with Gasteiger partial charge in [-0.1, -0.05) is 43.7 Å². The molecule has 2 heterocycles. The lowest BCUT2D eigenvalue weighted by molar-refractivity contribution is 0.0619. The van der Waals surface area contributed by atoms with Crippen molar-refractivity contribution in [1.29, 1.82) is 0 Å². The van der Waals surface area contributed by atoms with E-state index in [4.69, 9.17) is 0 Å². The van der Waals surface area contributed by atoms with Gasteiger partial charge in [0.05, 0.1) is 0 Å². The van der Waals surface area contributed by atoms with Gasteiger partial charge in [0, 0.05) is 44.8 Å². The number of rotatable bonds is 5. The second-order valence-corrected chi connectivity index (χ2v) is 7.94. The van der Waals surface area contributed by atoms with Crippen LogP contribution >= 0.6 is 0 Å². The molecule has 3 rings (SSSR count). The standard InChI is InChI=1S/C21H35N3/c1-4-20-14-22-11-13-24(20)21(19-9-7-17(2)8-10-19)16-23-12-5-6-18(3)15-23/h7-10,18,20-22H,4-6,11-16H2,1-3H3. The van der Waals surface area contributed by atoms with Gasteiger partial charge in [0.2, 0.25) is 0 Å². The van der Waals surface area contributed by atoms with Gasteiger partial charge in [0.25, 0.3) is 0 Å². The first-order chi connectivity index (χ1) is 11.7. The molecule has 3 atom stereocenters. The van der Waals surface area contributed by atoms with Gasteiger partial charge in [-0.25, -0.2) is 0 Å². The van der Waals surface area contributed by atoms with E-state index in [1.54, 1.807) is 0 Å².